The van der Waals surface area contributed by atoms with Crippen molar-refractivity contribution in [2.75, 3.05) is 5.73 Å². The third-order valence-electron chi connectivity index (χ3n) is 2.57. The van der Waals surface area contributed by atoms with Crippen molar-refractivity contribution < 1.29 is 0 Å². The summed E-state index contributed by atoms with van der Waals surface area (Å²) in [6.07, 6.45) is 4.54. The normalized spacial score (nSPS) is 10.4. The maximum atomic E-state index is 5.77. The van der Waals surface area contributed by atoms with Crippen LogP contribution in [0.5, 0.6) is 0 Å². The number of nitrogen functional groups attached to an aromatic ring is 1. The van der Waals surface area contributed by atoms with Gasteiger partial charge in [0.15, 0.2) is 0 Å². The first kappa shape index (κ1) is 12.0. The summed E-state index contributed by atoms with van der Waals surface area (Å²) in [4.78, 5) is 8.41. The van der Waals surface area contributed by atoms with E-state index >= 15 is 0 Å². The van der Waals surface area contributed by atoms with Gasteiger partial charge in [0.2, 0.25) is 0 Å². The van der Waals surface area contributed by atoms with E-state index in [1.807, 2.05) is 6.07 Å². The molecule has 0 spiro atoms. The minimum Gasteiger partial charge on any atom is -0.382 e. The molecule has 0 saturated carbocycles. The van der Waals surface area contributed by atoms with Crippen LogP contribution in [0.4, 0.5) is 5.82 Å². The van der Waals surface area contributed by atoms with Gasteiger partial charge in [0.05, 0.1) is 11.9 Å². The molecule has 0 aliphatic carbocycles. The van der Waals surface area contributed by atoms with Crippen molar-refractivity contribution in [1.82, 2.24) is 9.97 Å². The molecule has 17 heavy (non-hydrogen) atoms. The van der Waals surface area contributed by atoms with Crippen LogP contribution in [0.25, 0.3) is 0 Å². The molecule has 0 atom stereocenters. The fourth-order valence-corrected chi connectivity index (χ4v) is 2.02. The molecule has 0 saturated heterocycles. The van der Waals surface area contributed by atoms with Gasteiger partial charge in [-0.15, -0.1) is 0 Å². The topological polar surface area (TPSA) is 51.8 Å². The largest absolute Gasteiger partial charge is 0.382 e. The molecule has 1 heterocycles. The molecule has 1 aromatic carbocycles. The molecule has 2 rings (SSSR count). The van der Waals surface area contributed by atoms with Crippen LogP contribution < -0.4 is 5.73 Å². The van der Waals surface area contributed by atoms with Gasteiger partial charge in [-0.05, 0) is 40.8 Å². The average molecular weight is 292 g/mol. The van der Waals surface area contributed by atoms with Gasteiger partial charge in [0.25, 0.3) is 0 Å². The molecule has 3 nitrogen and oxygen atoms in total. The Bertz CT molecular complexity index is 485. The molecule has 0 unspecified atom stereocenters. The van der Waals surface area contributed by atoms with E-state index in [-0.39, 0.29) is 0 Å². The maximum Gasteiger partial charge on any atom is 0.145 e. The molecule has 2 N–H and O–H groups in total. The van der Waals surface area contributed by atoms with Crippen LogP contribution in [0, 0.1) is 0 Å². The first-order valence-electron chi connectivity index (χ1n) is 5.56. The van der Waals surface area contributed by atoms with Gasteiger partial charge >= 0.3 is 0 Å². The lowest BCUT2D eigenvalue weighted by Crippen LogP contribution is -2.02. The zero-order valence-corrected chi connectivity index (χ0v) is 11.0. The van der Waals surface area contributed by atoms with E-state index in [0.717, 1.165) is 29.6 Å². The Morgan fingerprint density at radius 2 is 1.88 bits per heavy atom. The number of halogens is 1. The van der Waals surface area contributed by atoms with Crippen LogP contribution in [-0.4, -0.2) is 9.97 Å². The summed E-state index contributed by atoms with van der Waals surface area (Å²) in [5, 5.41) is 0. The Balaban J connectivity index is 1.92. The van der Waals surface area contributed by atoms with E-state index in [9.17, 15) is 0 Å². The van der Waals surface area contributed by atoms with Crippen LogP contribution in [0.1, 0.15) is 17.7 Å². The second kappa shape index (κ2) is 5.77. The van der Waals surface area contributed by atoms with Gasteiger partial charge in [0.1, 0.15) is 10.4 Å². The quantitative estimate of drug-likeness (QED) is 0.942. The van der Waals surface area contributed by atoms with Crippen molar-refractivity contribution in [3.8, 4) is 0 Å². The Labute approximate surface area is 109 Å². The molecule has 1 aromatic heterocycles. The predicted octanol–water partition coefficient (Wildman–Crippen LogP) is 3.00. The zero-order chi connectivity index (χ0) is 12.1. The van der Waals surface area contributed by atoms with Crippen molar-refractivity contribution in [2.24, 2.45) is 0 Å². The van der Waals surface area contributed by atoms with Crippen molar-refractivity contribution in [3.05, 3.63) is 52.4 Å². The number of anilines is 1. The summed E-state index contributed by atoms with van der Waals surface area (Å²) < 4.78 is 0.737. The molecule has 0 aliphatic heterocycles. The van der Waals surface area contributed by atoms with Crippen molar-refractivity contribution in [3.63, 3.8) is 0 Å². The third-order valence-corrected chi connectivity index (χ3v) is 2.95. The lowest BCUT2D eigenvalue weighted by Gasteiger charge is -2.04. The minimum absolute atomic E-state index is 0.529. The van der Waals surface area contributed by atoms with E-state index in [0.29, 0.717) is 5.82 Å². The van der Waals surface area contributed by atoms with E-state index in [4.69, 9.17) is 5.73 Å². The minimum atomic E-state index is 0.529. The highest BCUT2D eigenvalue weighted by atomic mass is 79.9. The summed E-state index contributed by atoms with van der Waals surface area (Å²) in [7, 11) is 0. The van der Waals surface area contributed by atoms with Crippen LogP contribution >= 0.6 is 15.9 Å². The number of rotatable bonds is 4. The smallest absolute Gasteiger partial charge is 0.145 e. The lowest BCUT2D eigenvalue weighted by molar-refractivity contribution is 0.794. The molecular formula is C13H14BrN3. The van der Waals surface area contributed by atoms with Crippen molar-refractivity contribution >= 4 is 21.7 Å². The van der Waals surface area contributed by atoms with Crippen LogP contribution in [0.3, 0.4) is 0 Å². The number of aromatic nitrogens is 2. The monoisotopic (exact) mass is 291 g/mol. The second-order valence-corrected chi connectivity index (χ2v) is 4.68. The molecule has 0 fully saturated rings. The first-order valence-corrected chi connectivity index (χ1v) is 6.36. The molecule has 0 bridgehead atoms. The van der Waals surface area contributed by atoms with E-state index in [1.54, 1.807) is 6.20 Å². The summed E-state index contributed by atoms with van der Waals surface area (Å²) >= 11 is 3.30. The lowest BCUT2D eigenvalue weighted by atomic mass is 10.1. The Morgan fingerprint density at radius 3 is 2.65 bits per heavy atom. The molecule has 88 valence electrons. The van der Waals surface area contributed by atoms with Gasteiger partial charge in [-0.25, -0.2) is 9.97 Å². The summed E-state index contributed by atoms with van der Waals surface area (Å²) in [5.74, 6) is 0.529. The summed E-state index contributed by atoms with van der Waals surface area (Å²) in [6.45, 7) is 0. The van der Waals surface area contributed by atoms with Crippen LogP contribution in [-0.2, 0) is 12.8 Å². The number of nitrogens with zero attached hydrogens (tertiary/aromatic N) is 2. The maximum absolute atomic E-state index is 5.77. The molecular weight excluding hydrogens is 278 g/mol. The SMILES string of the molecule is Nc1ncc(Br)nc1CCCc1ccccc1. The third kappa shape index (κ3) is 3.53. The average Bonchev–Trinajstić information content (AvgIpc) is 2.35. The summed E-state index contributed by atoms with van der Waals surface area (Å²) in [6, 6.07) is 10.4. The highest BCUT2D eigenvalue weighted by Crippen LogP contribution is 2.13. The molecule has 0 radical (unpaired) electrons. The highest BCUT2D eigenvalue weighted by Gasteiger charge is 2.03. The fourth-order valence-electron chi connectivity index (χ4n) is 1.70. The second-order valence-electron chi connectivity index (χ2n) is 3.86. The van der Waals surface area contributed by atoms with Gasteiger partial charge in [-0.1, -0.05) is 30.3 Å². The fraction of sp³-hybridized carbons (Fsp3) is 0.231. The van der Waals surface area contributed by atoms with E-state index in [1.165, 1.54) is 5.56 Å². The number of nitrogens with two attached hydrogens (primary N) is 1. The first-order chi connectivity index (χ1) is 8.25. The van der Waals surface area contributed by atoms with Crippen molar-refractivity contribution in [1.29, 1.82) is 0 Å². The van der Waals surface area contributed by atoms with Gasteiger partial charge in [-0.2, -0.15) is 0 Å². The van der Waals surface area contributed by atoms with Crippen LogP contribution in [0.15, 0.2) is 41.1 Å². The number of hydrogen-bond donors (Lipinski definition) is 1. The standard InChI is InChI=1S/C13H14BrN3/c14-12-9-16-13(15)11(17-12)8-4-7-10-5-2-1-3-6-10/h1-3,5-6,9H,4,7-8H2,(H2,15,16). The molecule has 0 amide bonds. The Kier molecular flexibility index (Phi) is 4.09. The van der Waals surface area contributed by atoms with Gasteiger partial charge in [-0.3, -0.25) is 0 Å². The molecule has 4 heteroatoms. The number of benzene rings is 1. The summed E-state index contributed by atoms with van der Waals surface area (Å²) in [5.41, 5.74) is 7.99. The zero-order valence-electron chi connectivity index (χ0n) is 9.44. The highest BCUT2D eigenvalue weighted by molar-refractivity contribution is 9.10. The van der Waals surface area contributed by atoms with Crippen molar-refractivity contribution in [2.45, 2.75) is 19.3 Å². The van der Waals surface area contributed by atoms with Crippen LogP contribution in [0.2, 0.25) is 0 Å². The Morgan fingerprint density at radius 1 is 1.12 bits per heavy atom. The Hall–Kier alpha value is -1.42. The molecule has 0 aliphatic rings. The van der Waals surface area contributed by atoms with Gasteiger partial charge in [0, 0.05) is 0 Å². The van der Waals surface area contributed by atoms with Gasteiger partial charge < -0.3 is 5.73 Å². The van der Waals surface area contributed by atoms with E-state index in [2.05, 4.69) is 50.2 Å². The predicted molar refractivity (Wildman–Crippen MR) is 72.6 cm³/mol. The number of aryl methyl sites for hydroxylation is 2. The van der Waals surface area contributed by atoms with E-state index < -0.39 is 0 Å². The number of hydrogen-bond acceptors (Lipinski definition) is 3. The molecule has 2 aromatic rings.